The van der Waals surface area contributed by atoms with Crippen molar-refractivity contribution < 1.29 is 5.11 Å². The van der Waals surface area contributed by atoms with E-state index in [0.29, 0.717) is 5.92 Å². The molecular weight excluding hydrogens is 186 g/mol. The van der Waals surface area contributed by atoms with E-state index >= 15 is 0 Å². The summed E-state index contributed by atoms with van der Waals surface area (Å²) >= 11 is 0. The summed E-state index contributed by atoms with van der Waals surface area (Å²) in [4.78, 5) is 2.35. The monoisotopic (exact) mass is 207 g/mol. The molecule has 1 N–H and O–H groups in total. The van der Waals surface area contributed by atoms with Crippen LogP contribution in [0.1, 0.15) is 26.3 Å². The van der Waals surface area contributed by atoms with Crippen LogP contribution in [0.5, 0.6) is 0 Å². The Morgan fingerprint density at radius 2 is 1.80 bits per heavy atom. The van der Waals surface area contributed by atoms with Crippen LogP contribution in [0, 0.1) is 5.92 Å². The number of aliphatic hydroxyl groups is 1. The van der Waals surface area contributed by atoms with Gasteiger partial charge in [-0.25, -0.2) is 0 Å². The van der Waals surface area contributed by atoms with Crippen LogP contribution in [0.3, 0.4) is 0 Å². The Bertz CT molecular complexity index is 279. The lowest BCUT2D eigenvalue weighted by molar-refractivity contribution is 0.282. The molecule has 0 heterocycles. The van der Waals surface area contributed by atoms with Gasteiger partial charge in [-0.05, 0) is 30.5 Å². The van der Waals surface area contributed by atoms with E-state index in [4.69, 9.17) is 5.11 Å². The van der Waals surface area contributed by atoms with Crippen LogP contribution in [0.2, 0.25) is 0 Å². The van der Waals surface area contributed by atoms with Crippen molar-refractivity contribution in [2.45, 2.75) is 27.4 Å². The van der Waals surface area contributed by atoms with Gasteiger partial charge in [-0.1, -0.05) is 26.0 Å². The fourth-order valence-corrected chi connectivity index (χ4v) is 1.67. The summed E-state index contributed by atoms with van der Waals surface area (Å²) in [6, 6.07) is 8.13. The van der Waals surface area contributed by atoms with Crippen molar-refractivity contribution in [3.05, 3.63) is 29.8 Å². The molecule has 0 aliphatic carbocycles. The standard InChI is InChI=1S/C13H21NO/c1-4-14(9-11(2)3)13-7-5-12(10-15)6-8-13/h5-8,11,15H,4,9-10H2,1-3H3. The molecule has 0 aliphatic rings. The number of aliphatic hydroxyl groups excluding tert-OH is 1. The number of hydrogen-bond acceptors (Lipinski definition) is 2. The largest absolute Gasteiger partial charge is 0.392 e. The van der Waals surface area contributed by atoms with Crippen molar-refractivity contribution in [1.29, 1.82) is 0 Å². The third-order valence-corrected chi connectivity index (χ3v) is 2.45. The molecule has 1 aromatic rings. The first-order valence-corrected chi connectivity index (χ1v) is 5.62. The van der Waals surface area contributed by atoms with Gasteiger partial charge in [0.15, 0.2) is 0 Å². The molecule has 0 saturated heterocycles. The van der Waals surface area contributed by atoms with Gasteiger partial charge in [0.25, 0.3) is 0 Å². The molecule has 1 rings (SSSR count). The van der Waals surface area contributed by atoms with E-state index in [-0.39, 0.29) is 6.61 Å². The van der Waals surface area contributed by atoms with E-state index in [1.165, 1.54) is 5.69 Å². The Morgan fingerprint density at radius 1 is 1.20 bits per heavy atom. The van der Waals surface area contributed by atoms with Crippen LogP contribution in [0.15, 0.2) is 24.3 Å². The van der Waals surface area contributed by atoms with Crippen molar-refractivity contribution in [3.63, 3.8) is 0 Å². The Balaban J connectivity index is 2.74. The van der Waals surface area contributed by atoms with Gasteiger partial charge in [0.2, 0.25) is 0 Å². The maximum absolute atomic E-state index is 8.96. The normalized spacial score (nSPS) is 10.7. The summed E-state index contributed by atoms with van der Waals surface area (Å²) in [6.45, 7) is 8.85. The summed E-state index contributed by atoms with van der Waals surface area (Å²) in [7, 11) is 0. The van der Waals surface area contributed by atoms with Gasteiger partial charge >= 0.3 is 0 Å². The molecular formula is C13H21NO. The Labute approximate surface area is 92.5 Å². The van der Waals surface area contributed by atoms with Gasteiger partial charge in [0, 0.05) is 18.8 Å². The molecule has 0 aliphatic heterocycles. The third kappa shape index (κ3) is 3.56. The second-order valence-corrected chi connectivity index (χ2v) is 4.26. The molecule has 2 nitrogen and oxygen atoms in total. The second kappa shape index (κ2) is 5.76. The lowest BCUT2D eigenvalue weighted by Gasteiger charge is -2.25. The van der Waals surface area contributed by atoms with E-state index in [1.807, 2.05) is 12.1 Å². The number of rotatable bonds is 5. The maximum atomic E-state index is 8.96. The predicted molar refractivity (Wildman–Crippen MR) is 65.1 cm³/mol. The zero-order valence-corrected chi connectivity index (χ0v) is 9.90. The highest BCUT2D eigenvalue weighted by atomic mass is 16.3. The van der Waals surface area contributed by atoms with Crippen molar-refractivity contribution >= 4 is 5.69 Å². The lowest BCUT2D eigenvalue weighted by atomic mass is 10.1. The summed E-state index contributed by atoms with van der Waals surface area (Å²) in [6.07, 6.45) is 0. The van der Waals surface area contributed by atoms with Gasteiger partial charge in [0.1, 0.15) is 0 Å². The Kier molecular flexibility index (Phi) is 4.63. The fraction of sp³-hybridized carbons (Fsp3) is 0.538. The van der Waals surface area contributed by atoms with Crippen molar-refractivity contribution in [2.24, 2.45) is 5.92 Å². The van der Waals surface area contributed by atoms with E-state index in [2.05, 4.69) is 37.8 Å². The van der Waals surface area contributed by atoms with Gasteiger partial charge in [-0.2, -0.15) is 0 Å². The maximum Gasteiger partial charge on any atom is 0.0681 e. The molecule has 1 aromatic carbocycles. The molecule has 0 unspecified atom stereocenters. The topological polar surface area (TPSA) is 23.5 Å². The minimum absolute atomic E-state index is 0.122. The average Bonchev–Trinajstić information content (AvgIpc) is 2.26. The molecule has 0 spiro atoms. The zero-order chi connectivity index (χ0) is 11.3. The van der Waals surface area contributed by atoms with Crippen LogP contribution in [0.4, 0.5) is 5.69 Å². The molecule has 0 radical (unpaired) electrons. The zero-order valence-electron chi connectivity index (χ0n) is 9.90. The number of nitrogens with zero attached hydrogens (tertiary/aromatic N) is 1. The fourth-order valence-electron chi connectivity index (χ4n) is 1.67. The number of hydrogen-bond donors (Lipinski definition) is 1. The van der Waals surface area contributed by atoms with E-state index in [9.17, 15) is 0 Å². The Morgan fingerprint density at radius 3 is 2.20 bits per heavy atom. The highest BCUT2D eigenvalue weighted by Gasteiger charge is 2.05. The van der Waals surface area contributed by atoms with Gasteiger partial charge in [0.05, 0.1) is 6.61 Å². The third-order valence-electron chi connectivity index (χ3n) is 2.45. The molecule has 0 saturated carbocycles. The van der Waals surface area contributed by atoms with Gasteiger partial charge in [-0.15, -0.1) is 0 Å². The molecule has 15 heavy (non-hydrogen) atoms. The second-order valence-electron chi connectivity index (χ2n) is 4.26. The quantitative estimate of drug-likeness (QED) is 0.802. The van der Waals surface area contributed by atoms with E-state index in [0.717, 1.165) is 18.7 Å². The minimum Gasteiger partial charge on any atom is -0.392 e. The van der Waals surface area contributed by atoms with Crippen LogP contribution in [-0.2, 0) is 6.61 Å². The van der Waals surface area contributed by atoms with Gasteiger partial charge < -0.3 is 10.0 Å². The first-order chi connectivity index (χ1) is 7.17. The minimum atomic E-state index is 0.122. The molecule has 0 aromatic heterocycles. The van der Waals surface area contributed by atoms with E-state index < -0.39 is 0 Å². The van der Waals surface area contributed by atoms with Crippen molar-refractivity contribution in [2.75, 3.05) is 18.0 Å². The summed E-state index contributed by atoms with van der Waals surface area (Å²) in [5, 5.41) is 8.96. The van der Waals surface area contributed by atoms with Crippen LogP contribution in [-0.4, -0.2) is 18.2 Å². The first kappa shape index (κ1) is 12.1. The lowest BCUT2D eigenvalue weighted by Crippen LogP contribution is -2.27. The van der Waals surface area contributed by atoms with E-state index in [1.54, 1.807) is 0 Å². The number of benzene rings is 1. The summed E-state index contributed by atoms with van der Waals surface area (Å²) in [5.41, 5.74) is 2.21. The van der Waals surface area contributed by atoms with Crippen LogP contribution < -0.4 is 4.90 Å². The van der Waals surface area contributed by atoms with Crippen LogP contribution in [0.25, 0.3) is 0 Å². The SMILES string of the molecule is CCN(CC(C)C)c1ccc(CO)cc1. The molecule has 84 valence electrons. The molecule has 0 amide bonds. The summed E-state index contributed by atoms with van der Waals surface area (Å²) in [5.74, 6) is 0.669. The molecule has 0 atom stereocenters. The summed E-state index contributed by atoms with van der Waals surface area (Å²) < 4.78 is 0. The number of anilines is 1. The van der Waals surface area contributed by atoms with Crippen molar-refractivity contribution in [1.82, 2.24) is 0 Å². The highest BCUT2D eigenvalue weighted by Crippen LogP contribution is 2.16. The van der Waals surface area contributed by atoms with Gasteiger partial charge in [-0.3, -0.25) is 0 Å². The molecule has 2 heteroatoms. The predicted octanol–water partition coefficient (Wildman–Crippen LogP) is 2.66. The first-order valence-electron chi connectivity index (χ1n) is 5.62. The molecule has 0 fully saturated rings. The highest BCUT2D eigenvalue weighted by molar-refractivity contribution is 5.47. The Hall–Kier alpha value is -1.02. The van der Waals surface area contributed by atoms with Crippen LogP contribution >= 0.6 is 0 Å². The average molecular weight is 207 g/mol. The van der Waals surface area contributed by atoms with Crippen molar-refractivity contribution in [3.8, 4) is 0 Å². The smallest absolute Gasteiger partial charge is 0.0681 e. The molecule has 0 bridgehead atoms.